The number of para-hydroxylation sites is 2. The number of carbonyl (C=O) groups excluding carboxylic acids is 1. The average molecular weight is 345 g/mol. The van der Waals surface area contributed by atoms with Crippen molar-refractivity contribution in [3.63, 3.8) is 0 Å². The molecular formula is C17H23N5O3. The van der Waals surface area contributed by atoms with Crippen LogP contribution >= 0.6 is 0 Å². The third-order valence-corrected chi connectivity index (χ3v) is 4.25. The summed E-state index contributed by atoms with van der Waals surface area (Å²) in [7, 11) is 3.52. The van der Waals surface area contributed by atoms with Crippen LogP contribution in [0.15, 0.2) is 24.3 Å². The molecule has 1 aromatic carbocycles. The van der Waals surface area contributed by atoms with Crippen molar-refractivity contribution < 1.29 is 9.72 Å². The summed E-state index contributed by atoms with van der Waals surface area (Å²) in [5.41, 5.74) is 3.25. The Morgan fingerprint density at radius 2 is 2.04 bits per heavy atom. The van der Waals surface area contributed by atoms with E-state index in [1.807, 2.05) is 27.8 Å². The lowest BCUT2D eigenvalue weighted by atomic mass is 10.1. The number of likely N-dealkylation sites (N-methyl/N-ethyl adjacent to an activating group) is 1. The van der Waals surface area contributed by atoms with Crippen LogP contribution in [0.2, 0.25) is 0 Å². The van der Waals surface area contributed by atoms with Crippen molar-refractivity contribution in [3.8, 4) is 0 Å². The average Bonchev–Trinajstić information content (AvgIpc) is 2.79. The highest BCUT2D eigenvalue weighted by Gasteiger charge is 2.21. The molecule has 1 N–H and O–H groups in total. The third kappa shape index (κ3) is 3.96. The molecule has 0 bridgehead atoms. The van der Waals surface area contributed by atoms with Gasteiger partial charge in [0.1, 0.15) is 5.69 Å². The van der Waals surface area contributed by atoms with Gasteiger partial charge in [-0.2, -0.15) is 5.10 Å². The van der Waals surface area contributed by atoms with Crippen LogP contribution in [-0.2, 0) is 11.8 Å². The first kappa shape index (κ1) is 18.4. The maximum absolute atomic E-state index is 12.4. The lowest BCUT2D eigenvalue weighted by molar-refractivity contribution is -0.384. The molecule has 1 amide bonds. The SMILES string of the molecule is Cc1nn(C)c(C)c1[C@@H](C)NC(=O)CN(C)c1ccccc1[N+](=O)[O-]. The number of rotatable bonds is 6. The fourth-order valence-corrected chi connectivity index (χ4v) is 3.02. The monoisotopic (exact) mass is 345 g/mol. The van der Waals surface area contributed by atoms with Gasteiger partial charge in [-0.05, 0) is 26.8 Å². The van der Waals surface area contributed by atoms with Crippen LogP contribution in [0, 0.1) is 24.0 Å². The van der Waals surface area contributed by atoms with E-state index in [1.165, 1.54) is 6.07 Å². The minimum Gasteiger partial charge on any atom is -0.360 e. The number of hydrogen-bond acceptors (Lipinski definition) is 5. The summed E-state index contributed by atoms with van der Waals surface area (Å²) in [5, 5.41) is 18.4. The topological polar surface area (TPSA) is 93.3 Å². The van der Waals surface area contributed by atoms with Crippen LogP contribution in [0.1, 0.15) is 29.9 Å². The number of nitro benzene ring substituents is 1. The zero-order chi connectivity index (χ0) is 18.7. The quantitative estimate of drug-likeness (QED) is 0.640. The second-order valence-corrected chi connectivity index (χ2v) is 6.10. The number of aryl methyl sites for hydroxylation is 2. The number of benzene rings is 1. The largest absolute Gasteiger partial charge is 0.360 e. The van der Waals surface area contributed by atoms with Gasteiger partial charge in [-0.25, -0.2) is 0 Å². The zero-order valence-electron chi connectivity index (χ0n) is 15.1. The normalized spacial score (nSPS) is 11.9. The van der Waals surface area contributed by atoms with Crippen molar-refractivity contribution in [3.05, 3.63) is 51.3 Å². The Labute approximate surface area is 146 Å². The molecule has 2 aromatic rings. The van der Waals surface area contributed by atoms with E-state index in [4.69, 9.17) is 0 Å². The number of nitrogens with one attached hydrogen (secondary N) is 1. The summed E-state index contributed by atoms with van der Waals surface area (Å²) in [5.74, 6) is -0.212. The predicted octanol–water partition coefficient (Wildman–Crippen LogP) is 2.26. The van der Waals surface area contributed by atoms with E-state index in [1.54, 1.807) is 34.8 Å². The molecule has 1 aromatic heterocycles. The van der Waals surface area contributed by atoms with Gasteiger partial charge >= 0.3 is 0 Å². The highest BCUT2D eigenvalue weighted by Crippen LogP contribution is 2.26. The van der Waals surface area contributed by atoms with Crippen molar-refractivity contribution in [2.45, 2.75) is 26.8 Å². The van der Waals surface area contributed by atoms with Gasteiger partial charge in [0.05, 0.1) is 23.2 Å². The number of hydrogen-bond donors (Lipinski definition) is 1. The van der Waals surface area contributed by atoms with E-state index in [2.05, 4.69) is 10.4 Å². The molecule has 134 valence electrons. The number of carbonyl (C=O) groups is 1. The van der Waals surface area contributed by atoms with E-state index in [-0.39, 0.29) is 24.2 Å². The Bertz CT molecular complexity index is 800. The van der Waals surface area contributed by atoms with Gasteiger partial charge in [0.25, 0.3) is 5.69 Å². The van der Waals surface area contributed by atoms with Crippen LogP contribution in [0.3, 0.4) is 0 Å². The summed E-state index contributed by atoms with van der Waals surface area (Å²) in [6, 6.07) is 6.17. The van der Waals surface area contributed by atoms with Crippen LogP contribution in [-0.4, -0.2) is 34.2 Å². The van der Waals surface area contributed by atoms with Gasteiger partial charge in [-0.15, -0.1) is 0 Å². The molecule has 0 aliphatic carbocycles. The molecule has 1 atom stereocenters. The van der Waals surface area contributed by atoms with Crippen molar-refractivity contribution in [1.29, 1.82) is 0 Å². The van der Waals surface area contributed by atoms with E-state index < -0.39 is 4.92 Å². The van der Waals surface area contributed by atoms with Crippen LogP contribution in [0.4, 0.5) is 11.4 Å². The van der Waals surface area contributed by atoms with Crippen molar-refractivity contribution in [1.82, 2.24) is 15.1 Å². The van der Waals surface area contributed by atoms with E-state index in [0.717, 1.165) is 17.0 Å². The van der Waals surface area contributed by atoms with Gasteiger partial charge in [-0.3, -0.25) is 19.6 Å². The lowest BCUT2D eigenvalue weighted by Crippen LogP contribution is -2.37. The molecule has 2 rings (SSSR count). The number of amides is 1. The molecule has 8 nitrogen and oxygen atoms in total. The zero-order valence-corrected chi connectivity index (χ0v) is 15.1. The number of anilines is 1. The summed E-state index contributed by atoms with van der Waals surface area (Å²) in [4.78, 5) is 24.6. The molecule has 0 aliphatic rings. The molecular weight excluding hydrogens is 322 g/mol. The molecule has 0 spiro atoms. The summed E-state index contributed by atoms with van der Waals surface area (Å²) in [6.45, 7) is 5.79. The molecule has 0 fully saturated rings. The second-order valence-electron chi connectivity index (χ2n) is 6.10. The molecule has 0 aliphatic heterocycles. The number of nitro groups is 1. The Hall–Kier alpha value is -2.90. The minimum atomic E-state index is -0.450. The maximum Gasteiger partial charge on any atom is 0.292 e. The molecule has 25 heavy (non-hydrogen) atoms. The fourth-order valence-electron chi connectivity index (χ4n) is 3.02. The van der Waals surface area contributed by atoms with Crippen LogP contribution in [0.5, 0.6) is 0 Å². The Balaban J connectivity index is 2.09. The van der Waals surface area contributed by atoms with Gasteiger partial charge in [0.15, 0.2) is 0 Å². The Kier molecular flexibility index (Phi) is 5.41. The fraction of sp³-hybridized carbons (Fsp3) is 0.412. The van der Waals surface area contributed by atoms with Crippen molar-refractivity contribution >= 4 is 17.3 Å². The first-order valence-corrected chi connectivity index (χ1v) is 7.96. The maximum atomic E-state index is 12.4. The first-order chi connectivity index (χ1) is 11.7. The smallest absolute Gasteiger partial charge is 0.292 e. The summed E-state index contributed by atoms with van der Waals surface area (Å²) >= 11 is 0. The molecule has 0 radical (unpaired) electrons. The highest BCUT2D eigenvalue weighted by atomic mass is 16.6. The second kappa shape index (κ2) is 7.33. The molecule has 0 saturated heterocycles. The minimum absolute atomic E-state index is 0.0214. The van der Waals surface area contributed by atoms with Gasteiger partial charge in [-0.1, -0.05) is 12.1 Å². The summed E-state index contributed by atoms with van der Waals surface area (Å²) < 4.78 is 1.78. The lowest BCUT2D eigenvalue weighted by Gasteiger charge is -2.21. The van der Waals surface area contributed by atoms with Crippen LogP contribution < -0.4 is 10.2 Å². The third-order valence-electron chi connectivity index (χ3n) is 4.25. The van der Waals surface area contributed by atoms with Gasteiger partial charge in [0.2, 0.25) is 5.91 Å². The predicted molar refractivity (Wildman–Crippen MR) is 95.6 cm³/mol. The van der Waals surface area contributed by atoms with Crippen molar-refractivity contribution in [2.75, 3.05) is 18.5 Å². The van der Waals surface area contributed by atoms with Crippen LogP contribution in [0.25, 0.3) is 0 Å². The highest BCUT2D eigenvalue weighted by molar-refractivity contribution is 5.82. The van der Waals surface area contributed by atoms with E-state index >= 15 is 0 Å². The standard InChI is InChI=1S/C17H23N5O3/c1-11(17-12(2)19-21(5)13(17)3)18-16(23)10-20(4)14-8-6-7-9-15(14)22(24)25/h6-9,11H,10H2,1-5H3,(H,18,23)/t11-/m1/s1. The van der Waals surface area contributed by atoms with Crippen molar-refractivity contribution in [2.24, 2.45) is 7.05 Å². The Morgan fingerprint density at radius 1 is 1.40 bits per heavy atom. The van der Waals surface area contributed by atoms with Gasteiger partial charge in [0, 0.05) is 31.4 Å². The number of aromatic nitrogens is 2. The molecule has 0 unspecified atom stereocenters. The van der Waals surface area contributed by atoms with E-state index in [0.29, 0.717) is 5.69 Å². The Morgan fingerprint density at radius 3 is 2.60 bits per heavy atom. The number of nitrogens with zero attached hydrogens (tertiary/aromatic N) is 4. The molecule has 8 heteroatoms. The van der Waals surface area contributed by atoms with E-state index in [9.17, 15) is 14.9 Å². The summed E-state index contributed by atoms with van der Waals surface area (Å²) in [6.07, 6.45) is 0. The first-order valence-electron chi connectivity index (χ1n) is 7.96. The molecule has 1 heterocycles. The van der Waals surface area contributed by atoms with Gasteiger partial charge < -0.3 is 10.2 Å². The molecule has 0 saturated carbocycles.